The van der Waals surface area contributed by atoms with E-state index in [4.69, 9.17) is 4.74 Å². The average Bonchev–Trinajstić information content (AvgIpc) is 3.00. The standard InChI is InChI=1S/C17H27BrN2O/c1-3-17(14-6-8-15(18)9-7-14)20(11-12-21-2)13-16-5-4-10-19-16/h6-9,16-17,19H,3-5,10-13H2,1-2H3. The van der Waals surface area contributed by atoms with Crippen molar-refractivity contribution in [2.75, 3.05) is 33.4 Å². The number of methoxy groups -OCH3 is 1. The van der Waals surface area contributed by atoms with Crippen LogP contribution in [-0.4, -0.2) is 44.3 Å². The van der Waals surface area contributed by atoms with E-state index in [0.29, 0.717) is 12.1 Å². The second-order valence-corrected chi connectivity index (χ2v) is 6.67. The van der Waals surface area contributed by atoms with E-state index in [1.807, 2.05) is 0 Å². The first-order valence-corrected chi connectivity index (χ1v) is 8.75. The molecule has 0 spiro atoms. The van der Waals surface area contributed by atoms with Crippen LogP contribution >= 0.6 is 15.9 Å². The fourth-order valence-electron chi connectivity index (χ4n) is 3.17. The molecule has 0 aromatic heterocycles. The van der Waals surface area contributed by atoms with Gasteiger partial charge >= 0.3 is 0 Å². The van der Waals surface area contributed by atoms with Crippen LogP contribution < -0.4 is 5.32 Å². The SMILES string of the molecule is CCC(c1ccc(Br)cc1)N(CCOC)CC1CCCN1. The molecule has 0 amide bonds. The topological polar surface area (TPSA) is 24.5 Å². The number of hydrogen-bond donors (Lipinski definition) is 1. The summed E-state index contributed by atoms with van der Waals surface area (Å²) in [4.78, 5) is 2.58. The van der Waals surface area contributed by atoms with Crippen molar-refractivity contribution in [2.45, 2.75) is 38.3 Å². The van der Waals surface area contributed by atoms with E-state index in [0.717, 1.165) is 37.1 Å². The molecule has 3 nitrogen and oxygen atoms in total. The molecule has 0 saturated carbocycles. The molecule has 1 saturated heterocycles. The Morgan fingerprint density at radius 1 is 1.38 bits per heavy atom. The maximum atomic E-state index is 5.32. The zero-order valence-electron chi connectivity index (χ0n) is 13.1. The summed E-state index contributed by atoms with van der Waals surface area (Å²) in [6.07, 6.45) is 3.72. The summed E-state index contributed by atoms with van der Waals surface area (Å²) >= 11 is 3.52. The molecule has 1 heterocycles. The van der Waals surface area contributed by atoms with Crippen molar-refractivity contribution in [3.63, 3.8) is 0 Å². The Morgan fingerprint density at radius 3 is 2.71 bits per heavy atom. The molecule has 0 aliphatic carbocycles. The van der Waals surface area contributed by atoms with Gasteiger partial charge in [-0.05, 0) is 43.5 Å². The molecule has 4 heteroatoms. The van der Waals surface area contributed by atoms with E-state index in [9.17, 15) is 0 Å². The van der Waals surface area contributed by atoms with Gasteiger partial charge in [0.05, 0.1) is 6.61 Å². The van der Waals surface area contributed by atoms with Crippen molar-refractivity contribution in [1.82, 2.24) is 10.2 Å². The molecule has 0 bridgehead atoms. The lowest BCUT2D eigenvalue weighted by Crippen LogP contribution is -2.41. The molecule has 1 aliphatic heterocycles. The number of rotatable bonds is 8. The number of ether oxygens (including phenoxy) is 1. The lowest BCUT2D eigenvalue weighted by atomic mass is 10.0. The maximum absolute atomic E-state index is 5.32. The Balaban J connectivity index is 2.08. The van der Waals surface area contributed by atoms with Crippen LogP contribution in [0.1, 0.15) is 37.8 Å². The van der Waals surface area contributed by atoms with Crippen molar-refractivity contribution < 1.29 is 4.74 Å². The smallest absolute Gasteiger partial charge is 0.0589 e. The molecular weight excluding hydrogens is 328 g/mol. The van der Waals surface area contributed by atoms with Gasteiger partial charge in [-0.25, -0.2) is 0 Å². The molecule has 1 aliphatic rings. The van der Waals surface area contributed by atoms with Crippen LogP contribution in [0.2, 0.25) is 0 Å². The third-order valence-electron chi connectivity index (χ3n) is 4.28. The van der Waals surface area contributed by atoms with Crippen molar-refractivity contribution in [2.24, 2.45) is 0 Å². The van der Waals surface area contributed by atoms with Crippen LogP contribution in [-0.2, 0) is 4.74 Å². The number of halogens is 1. The summed E-state index contributed by atoms with van der Waals surface area (Å²) in [6.45, 7) is 6.33. The molecule has 2 rings (SSSR count). The monoisotopic (exact) mass is 354 g/mol. The normalized spacial score (nSPS) is 20.1. The summed E-state index contributed by atoms with van der Waals surface area (Å²) in [7, 11) is 1.78. The van der Waals surface area contributed by atoms with Crippen LogP contribution in [0.3, 0.4) is 0 Å². The highest BCUT2D eigenvalue weighted by molar-refractivity contribution is 9.10. The molecule has 118 valence electrons. The van der Waals surface area contributed by atoms with Gasteiger partial charge < -0.3 is 10.1 Å². The van der Waals surface area contributed by atoms with Crippen molar-refractivity contribution in [3.05, 3.63) is 34.3 Å². The van der Waals surface area contributed by atoms with E-state index in [1.165, 1.54) is 18.4 Å². The Labute approximate surface area is 137 Å². The number of nitrogens with zero attached hydrogens (tertiary/aromatic N) is 1. The molecule has 1 aromatic carbocycles. The Hall–Kier alpha value is -0.420. The molecule has 2 unspecified atom stereocenters. The third-order valence-corrected chi connectivity index (χ3v) is 4.81. The van der Waals surface area contributed by atoms with Gasteiger partial charge in [-0.15, -0.1) is 0 Å². The van der Waals surface area contributed by atoms with Gasteiger partial charge in [0.1, 0.15) is 0 Å². The van der Waals surface area contributed by atoms with E-state index in [2.05, 4.69) is 57.3 Å². The highest BCUT2D eigenvalue weighted by Crippen LogP contribution is 2.26. The minimum Gasteiger partial charge on any atom is -0.383 e. The van der Waals surface area contributed by atoms with Gasteiger partial charge in [0.25, 0.3) is 0 Å². The highest BCUT2D eigenvalue weighted by Gasteiger charge is 2.23. The molecule has 21 heavy (non-hydrogen) atoms. The third kappa shape index (κ3) is 5.06. The highest BCUT2D eigenvalue weighted by atomic mass is 79.9. The van der Waals surface area contributed by atoms with Crippen LogP contribution in [0.15, 0.2) is 28.7 Å². The fraction of sp³-hybridized carbons (Fsp3) is 0.647. The van der Waals surface area contributed by atoms with E-state index >= 15 is 0 Å². The second kappa shape index (κ2) is 8.89. The predicted octanol–water partition coefficient (Wildman–Crippen LogP) is 3.60. The fourth-order valence-corrected chi connectivity index (χ4v) is 3.43. The molecule has 1 N–H and O–H groups in total. The van der Waals surface area contributed by atoms with Gasteiger partial charge in [-0.3, -0.25) is 4.90 Å². The van der Waals surface area contributed by atoms with E-state index < -0.39 is 0 Å². The zero-order valence-corrected chi connectivity index (χ0v) is 14.7. The van der Waals surface area contributed by atoms with Gasteiger partial charge in [0.15, 0.2) is 0 Å². The Kier molecular flexibility index (Phi) is 7.17. The summed E-state index contributed by atoms with van der Waals surface area (Å²) < 4.78 is 6.46. The summed E-state index contributed by atoms with van der Waals surface area (Å²) in [5, 5.41) is 3.61. The Bertz CT molecular complexity index is 404. The largest absolute Gasteiger partial charge is 0.383 e. The minimum absolute atomic E-state index is 0.468. The average molecular weight is 355 g/mol. The van der Waals surface area contributed by atoms with Gasteiger partial charge in [0.2, 0.25) is 0 Å². The van der Waals surface area contributed by atoms with Crippen molar-refractivity contribution >= 4 is 15.9 Å². The number of nitrogens with one attached hydrogen (secondary N) is 1. The summed E-state index contributed by atoms with van der Waals surface area (Å²) in [5.41, 5.74) is 1.40. The predicted molar refractivity (Wildman–Crippen MR) is 91.6 cm³/mol. The van der Waals surface area contributed by atoms with Crippen LogP contribution in [0.25, 0.3) is 0 Å². The number of hydrogen-bond acceptors (Lipinski definition) is 3. The molecule has 0 radical (unpaired) electrons. The molecule has 2 atom stereocenters. The first-order chi connectivity index (χ1) is 10.2. The summed E-state index contributed by atoms with van der Waals surface area (Å²) in [6, 6.07) is 9.85. The van der Waals surface area contributed by atoms with Crippen LogP contribution in [0, 0.1) is 0 Å². The first kappa shape index (κ1) is 16.9. The van der Waals surface area contributed by atoms with E-state index in [-0.39, 0.29) is 0 Å². The van der Waals surface area contributed by atoms with Gasteiger partial charge in [-0.1, -0.05) is 35.0 Å². The lowest BCUT2D eigenvalue weighted by Gasteiger charge is -2.33. The molecular formula is C17H27BrN2O. The quantitative estimate of drug-likeness (QED) is 0.771. The van der Waals surface area contributed by atoms with Crippen LogP contribution in [0.4, 0.5) is 0 Å². The number of benzene rings is 1. The molecule has 1 fully saturated rings. The minimum atomic E-state index is 0.468. The van der Waals surface area contributed by atoms with E-state index in [1.54, 1.807) is 7.11 Å². The van der Waals surface area contributed by atoms with Crippen molar-refractivity contribution in [1.29, 1.82) is 0 Å². The first-order valence-electron chi connectivity index (χ1n) is 7.96. The Morgan fingerprint density at radius 2 is 2.14 bits per heavy atom. The summed E-state index contributed by atoms with van der Waals surface area (Å²) in [5.74, 6) is 0. The van der Waals surface area contributed by atoms with Crippen molar-refractivity contribution in [3.8, 4) is 0 Å². The van der Waals surface area contributed by atoms with Gasteiger partial charge in [0, 0.05) is 36.8 Å². The van der Waals surface area contributed by atoms with Crippen LogP contribution in [0.5, 0.6) is 0 Å². The lowest BCUT2D eigenvalue weighted by molar-refractivity contribution is 0.110. The second-order valence-electron chi connectivity index (χ2n) is 5.76. The van der Waals surface area contributed by atoms with Gasteiger partial charge in [-0.2, -0.15) is 0 Å². The zero-order chi connectivity index (χ0) is 15.1. The maximum Gasteiger partial charge on any atom is 0.0589 e. The molecule has 1 aromatic rings.